The van der Waals surface area contributed by atoms with Crippen LogP contribution in [0, 0.1) is 19.8 Å². The Morgan fingerprint density at radius 1 is 1.00 bits per heavy atom. The predicted molar refractivity (Wildman–Crippen MR) is 147 cm³/mol. The van der Waals surface area contributed by atoms with Crippen molar-refractivity contribution in [1.82, 2.24) is 9.80 Å². The van der Waals surface area contributed by atoms with Crippen molar-refractivity contribution in [3.63, 3.8) is 0 Å². The average molecular weight is 502 g/mol. The molecule has 5 nitrogen and oxygen atoms in total. The van der Waals surface area contributed by atoms with Crippen LogP contribution < -0.4 is 4.90 Å². The molecule has 0 radical (unpaired) electrons. The number of thiophene rings is 1. The van der Waals surface area contributed by atoms with E-state index < -0.39 is 5.92 Å². The monoisotopic (exact) mass is 501 g/mol. The van der Waals surface area contributed by atoms with E-state index in [1.807, 2.05) is 45.5 Å². The molecule has 188 valence electrons. The summed E-state index contributed by atoms with van der Waals surface area (Å²) in [5.74, 6) is 0.0616. The Bertz CT molecular complexity index is 1240. The van der Waals surface area contributed by atoms with E-state index in [9.17, 15) is 9.59 Å². The summed E-state index contributed by atoms with van der Waals surface area (Å²) >= 11 is 1.63. The molecule has 1 aromatic heterocycles. The number of carbonyl (C=O) groups excluding carboxylic acids is 2. The van der Waals surface area contributed by atoms with Crippen LogP contribution in [0.3, 0.4) is 0 Å². The first-order valence-corrected chi connectivity index (χ1v) is 13.8. The van der Waals surface area contributed by atoms with Gasteiger partial charge in [0.15, 0.2) is 0 Å². The fraction of sp³-hybridized carbons (Fsp3) is 0.400. The second-order valence-corrected chi connectivity index (χ2v) is 11.5. The molecule has 3 heterocycles. The smallest absolute Gasteiger partial charge is 0.254 e. The van der Waals surface area contributed by atoms with E-state index in [0.29, 0.717) is 31.1 Å². The topological polar surface area (TPSA) is 43.9 Å². The van der Waals surface area contributed by atoms with E-state index in [1.54, 1.807) is 11.3 Å². The molecule has 2 atom stereocenters. The van der Waals surface area contributed by atoms with Crippen LogP contribution in [0.4, 0.5) is 5.69 Å². The third-order valence-corrected chi connectivity index (χ3v) is 8.33. The maximum atomic E-state index is 14.3. The Kier molecular flexibility index (Phi) is 6.89. The van der Waals surface area contributed by atoms with E-state index in [2.05, 4.69) is 56.9 Å². The molecular weight excluding hydrogens is 466 g/mol. The van der Waals surface area contributed by atoms with E-state index in [0.717, 1.165) is 23.5 Å². The highest BCUT2D eigenvalue weighted by molar-refractivity contribution is 7.10. The summed E-state index contributed by atoms with van der Waals surface area (Å²) in [6.07, 6.45) is 0. The lowest BCUT2D eigenvalue weighted by molar-refractivity contribution is -0.135. The van der Waals surface area contributed by atoms with Gasteiger partial charge in [-0.2, -0.15) is 0 Å². The van der Waals surface area contributed by atoms with Gasteiger partial charge >= 0.3 is 0 Å². The number of anilines is 1. The lowest BCUT2D eigenvalue weighted by Crippen LogP contribution is -2.53. The number of piperazine rings is 1. The minimum absolute atomic E-state index is 0.0291. The van der Waals surface area contributed by atoms with E-state index in [1.165, 1.54) is 16.8 Å². The normalized spacial score (nSPS) is 20.1. The predicted octanol–water partition coefficient (Wildman–Crippen LogP) is 5.65. The molecule has 2 aliphatic rings. The zero-order valence-electron chi connectivity index (χ0n) is 21.6. The van der Waals surface area contributed by atoms with Crippen molar-refractivity contribution in [3.8, 4) is 0 Å². The Morgan fingerprint density at radius 3 is 2.42 bits per heavy atom. The SMILES string of the molecule is Cc1ccc(N2CCN(C(=O)[C@H]3c4ccccc4C(=O)N(CC(C)C)[C@@H]3c3cccs3)CC2)c(C)c1. The van der Waals surface area contributed by atoms with Crippen molar-refractivity contribution in [2.75, 3.05) is 37.6 Å². The van der Waals surface area contributed by atoms with Gasteiger partial charge in [0, 0.05) is 48.9 Å². The first-order chi connectivity index (χ1) is 17.3. The number of fused-ring (bicyclic) bond motifs is 1. The van der Waals surface area contributed by atoms with Crippen molar-refractivity contribution in [2.45, 2.75) is 39.7 Å². The molecule has 2 aliphatic heterocycles. The summed E-state index contributed by atoms with van der Waals surface area (Å²) in [6.45, 7) is 12.1. The van der Waals surface area contributed by atoms with Crippen LogP contribution in [-0.2, 0) is 4.79 Å². The molecule has 0 unspecified atom stereocenters. The van der Waals surface area contributed by atoms with Crippen molar-refractivity contribution in [2.24, 2.45) is 5.92 Å². The van der Waals surface area contributed by atoms with E-state index >= 15 is 0 Å². The molecule has 0 bridgehead atoms. The Hall–Kier alpha value is -3.12. The van der Waals surface area contributed by atoms with Crippen LogP contribution in [0.1, 0.15) is 57.7 Å². The van der Waals surface area contributed by atoms with Crippen LogP contribution in [0.25, 0.3) is 0 Å². The summed E-state index contributed by atoms with van der Waals surface area (Å²) in [5.41, 5.74) is 5.32. The molecule has 0 aliphatic carbocycles. The number of aryl methyl sites for hydroxylation is 2. The standard InChI is InChI=1S/C30H35N3O2S/c1-20(2)19-33-28(26-10-7-17-36-26)27(23-8-5-6-9-24(23)29(33)34)30(35)32-15-13-31(14-16-32)25-12-11-21(3)18-22(25)4/h5-12,17-18,20,27-28H,13-16,19H2,1-4H3/t27-,28+/m0/s1. The molecule has 0 spiro atoms. The van der Waals surface area contributed by atoms with E-state index in [-0.39, 0.29) is 17.9 Å². The maximum Gasteiger partial charge on any atom is 0.254 e. The number of carbonyl (C=O) groups is 2. The lowest BCUT2D eigenvalue weighted by Gasteiger charge is -2.45. The zero-order chi connectivity index (χ0) is 25.4. The minimum atomic E-state index is -0.399. The van der Waals surface area contributed by atoms with Gasteiger partial charge in [-0.1, -0.05) is 55.8 Å². The molecule has 2 amide bonds. The Morgan fingerprint density at radius 2 is 1.75 bits per heavy atom. The van der Waals surface area contributed by atoms with Gasteiger partial charge in [-0.05, 0) is 54.5 Å². The first-order valence-electron chi connectivity index (χ1n) is 12.9. The largest absolute Gasteiger partial charge is 0.368 e. The molecule has 36 heavy (non-hydrogen) atoms. The number of hydrogen-bond acceptors (Lipinski definition) is 4. The zero-order valence-corrected chi connectivity index (χ0v) is 22.4. The molecule has 0 N–H and O–H groups in total. The summed E-state index contributed by atoms with van der Waals surface area (Å²) in [6, 6.07) is 18.1. The molecule has 2 aromatic carbocycles. The maximum absolute atomic E-state index is 14.3. The number of hydrogen-bond donors (Lipinski definition) is 0. The first kappa shape index (κ1) is 24.6. The van der Waals surface area contributed by atoms with Gasteiger partial charge in [0.2, 0.25) is 5.91 Å². The van der Waals surface area contributed by atoms with Gasteiger partial charge in [-0.3, -0.25) is 9.59 Å². The quantitative estimate of drug-likeness (QED) is 0.454. The molecular formula is C30H35N3O2S. The highest BCUT2D eigenvalue weighted by atomic mass is 32.1. The summed E-state index contributed by atoms with van der Waals surface area (Å²) in [7, 11) is 0. The number of benzene rings is 2. The second kappa shape index (κ2) is 10.1. The second-order valence-electron chi connectivity index (χ2n) is 10.5. The molecule has 6 heteroatoms. The van der Waals surface area contributed by atoms with Crippen LogP contribution in [-0.4, -0.2) is 54.3 Å². The minimum Gasteiger partial charge on any atom is -0.368 e. The van der Waals surface area contributed by atoms with Crippen LogP contribution in [0.2, 0.25) is 0 Å². The van der Waals surface area contributed by atoms with Crippen LogP contribution in [0.15, 0.2) is 60.0 Å². The molecule has 1 saturated heterocycles. The number of rotatable bonds is 5. The highest BCUT2D eigenvalue weighted by Gasteiger charge is 2.46. The fourth-order valence-corrected chi connectivity index (χ4v) is 6.63. The van der Waals surface area contributed by atoms with Gasteiger partial charge in [0.25, 0.3) is 5.91 Å². The van der Waals surface area contributed by atoms with Crippen LogP contribution in [0.5, 0.6) is 0 Å². The van der Waals surface area contributed by atoms with Crippen molar-refractivity contribution < 1.29 is 9.59 Å². The number of amides is 2. The van der Waals surface area contributed by atoms with Gasteiger partial charge in [0.05, 0.1) is 12.0 Å². The van der Waals surface area contributed by atoms with Crippen LogP contribution >= 0.6 is 11.3 Å². The fourth-order valence-electron chi connectivity index (χ4n) is 5.75. The number of nitrogens with zero attached hydrogens (tertiary/aromatic N) is 3. The molecule has 1 fully saturated rings. The van der Waals surface area contributed by atoms with Gasteiger partial charge < -0.3 is 14.7 Å². The van der Waals surface area contributed by atoms with E-state index in [4.69, 9.17) is 0 Å². The third-order valence-electron chi connectivity index (χ3n) is 7.39. The summed E-state index contributed by atoms with van der Waals surface area (Å²) in [4.78, 5) is 35.4. The highest BCUT2D eigenvalue weighted by Crippen LogP contribution is 2.45. The summed E-state index contributed by atoms with van der Waals surface area (Å²) < 4.78 is 0. The average Bonchev–Trinajstić information content (AvgIpc) is 3.40. The molecule has 3 aromatic rings. The van der Waals surface area contributed by atoms with Gasteiger partial charge in [0.1, 0.15) is 0 Å². The Balaban J connectivity index is 1.46. The molecule has 5 rings (SSSR count). The third kappa shape index (κ3) is 4.55. The molecule has 0 saturated carbocycles. The van der Waals surface area contributed by atoms with Gasteiger partial charge in [-0.15, -0.1) is 11.3 Å². The summed E-state index contributed by atoms with van der Waals surface area (Å²) in [5, 5.41) is 2.04. The van der Waals surface area contributed by atoms with Crippen molar-refractivity contribution in [1.29, 1.82) is 0 Å². The Labute approximate surface area is 218 Å². The van der Waals surface area contributed by atoms with Crippen molar-refractivity contribution >= 4 is 28.8 Å². The lowest BCUT2D eigenvalue weighted by atomic mass is 9.80. The van der Waals surface area contributed by atoms with Crippen molar-refractivity contribution in [3.05, 3.63) is 87.1 Å². The van der Waals surface area contributed by atoms with Gasteiger partial charge in [-0.25, -0.2) is 0 Å².